The van der Waals surface area contributed by atoms with Crippen LogP contribution in [0.4, 0.5) is 0 Å². The van der Waals surface area contributed by atoms with Gasteiger partial charge >= 0.3 is 0 Å². The molecule has 0 saturated heterocycles. The first-order valence-corrected chi connectivity index (χ1v) is 9.65. The zero-order valence-corrected chi connectivity index (χ0v) is 16.3. The summed E-state index contributed by atoms with van der Waals surface area (Å²) in [6.45, 7) is 0.538. The molecule has 0 aliphatic carbocycles. The number of furan rings is 1. The molecule has 0 aliphatic rings. The Hall–Kier alpha value is -3.53. The third-order valence-electron chi connectivity index (χ3n) is 5.12. The number of rotatable bonds is 7. The molecule has 0 spiro atoms. The summed E-state index contributed by atoms with van der Waals surface area (Å²) >= 11 is 0. The number of fused-ring (bicyclic) bond motifs is 1. The lowest BCUT2D eigenvalue weighted by Crippen LogP contribution is -2.30. The predicted molar refractivity (Wildman–Crippen MR) is 114 cm³/mol. The van der Waals surface area contributed by atoms with Crippen LogP contribution in [0.5, 0.6) is 5.75 Å². The molecule has 0 bridgehead atoms. The molecule has 4 aromatic rings. The van der Waals surface area contributed by atoms with Crippen molar-refractivity contribution in [1.29, 1.82) is 0 Å². The molecule has 0 radical (unpaired) electrons. The highest BCUT2D eigenvalue weighted by atomic mass is 16.5. The van der Waals surface area contributed by atoms with E-state index in [2.05, 4.69) is 29.6 Å². The average molecular weight is 385 g/mol. The second-order valence-electron chi connectivity index (χ2n) is 6.98. The van der Waals surface area contributed by atoms with E-state index in [9.17, 15) is 4.79 Å². The van der Waals surface area contributed by atoms with E-state index in [1.165, 1.54) is 11.1 Å². The van der Waals surface area contributed by atoms with Gasteiger partial charge in [0, 0.05) is 29.5 Å². The number of nitrogens with one attached hydrogen (secondary N) is 1. The van der Waals surface area contributed by atoms with Crippen LogP contribution in [0.25, 0.3) is 11.0 Å². The largest absolute Gasteiger partial charge is 0.497 e. The molecule has 4 rings (SSSR count). The summed E-state index contributed by atoms with van der Waals surface area (Å²) in [5, 5.41) is 4.03. The third-order valence-corrected chi connectivity index (χ3v) is 5.12. The van der Waals surface area contributed by atoms with Crippen LogP contribution in [-0.2, 0) is 11.2 Å². The van der Waals surface area contributed by atoms with Gasteiger partial charge in [0.1, 0.15) is 11.3 Å². The molecule has 4 nitrogen and oxygen atoms in total. The quantitative estimate of drug-likeness (QED) is 0.491. The van der Waals surface area contributed by atoms with E-state index in [1.807, 2.05) is 54.6 Å². The summed E-state index contributed by atoms with van der Waals surface area (Å²) in [5.41, 5.74) is 3.95. The van der Waals surface area contributed by atoms with Gasteiger partial charge in [0.2, 0.25) is 5.91 Å². The van der Waals surface area contributed by atoms with E-state index in [0.29, 0.717) is 6.54 Å². The maximum Gasteiger partial charge on any atom is 0.224 e. The summed E-state index contributed by atoms with van der Waals surface area (Å²) in [5.74, 6) is 0.809. The van der Waals surface area contributed by atoms with E-state index in [-0.39, 0.29) is 18.2 Å². The summed E-state index contributed by atoms with van der Waals surface area (Å²) in [6, 6.07) is 26.1. The van der Waals surface area contributed by atoms with Gasteiger partial charge in [-0.05, 0) is 23.3 Å². The van der Waals surface area contributed by atoms with E-state index in [4.69, 9.17) is 9.15 Å². The lowest BCUT2D eigenvalue weighted by molar-refractivity contribution is -0.120. The maximum absolute atomic E-state index is 12.7. The van der Waals surface area contributed by atoms with E-state index < -0.39 is 0 Å². The first-order valence-electron chi connectivity index (χ1n) is 9.65. The SMILES string of the molecule is COc1ccc2c(CC(=O)NCC(c3ccccc3)c3ccccc3)coc2c1. The van der Waals surface area contributed by atoms with Crippen LogP contribution in [0.15, 0.2) is 89.5 Å². The molecular formula is C25H23NO3. The number of carbonyl (C=O) groups excluding carboxylic acids is 1. The number of amides is 1. The molecule has 0 atom stereocenters. The molecule has 4 heteroatoms. The standard InChI is InChI=1S/C25H23NO3/c1-28-21-12-13-22-20(17-29-24(22)15-21)14-25(27)26-16-23(18-8-4-2-5-9-18)19-10-6-3-7-11-19/h2-13,15,17,23H,14,16H2,1H3,(H,26,27). The molecule has 29 heavy (non-hydrogen) atoms. The molecular weight excluding hydrogens is 362 g/mol. The summed E-state index contributed by atoms with van der Waals surface area (Å²) in [6.07, 6.45) is 1.92. The third kappa shape index (κ3) is 4.32. The fourth-order valence-electron chi connectivity index (χ4n) is 3.58. The van der Waals surface area contributed by atoms with Gasteiger partial charge in [-0.15, -0.1) is 0 Å². The fraction of sp³-hybridized carbons (Fsp3) is 0.160. The van der Waals surface area contributed by atoms with Crippen LogP contribution < -0.4 is 10.1 Å². The van der Waals surface area contributed by atoms with E-state index in [0.717, 1.165) is 22.3 Å². The lowest BCUT2D eigenvalue weighted by atomic mass is 9.91. The number of benzene rings is 3. The Morgan fingerprint density at radius 3 is 2.24 bits per heavy atom. The van der Waals surface area contributed by atoms with Gasteiger partial charge in [-0.1, -0.05) is 60.7 Å². The van der Waals surface area contributed by atoms with Crippen LogP contribution >= 0.6 is 0 Å². The molecule has 1 heterocycles. The van der Waals surface area contributed by atoms with Crippen molar-refractivity contribution < 1.29 is 13.9 Å². The molecule has 0 fully saturated rings. The molecule has 1 amide bonds. The van der Waals surface area contributed by atoms with Crippen molar-refractivity contribution in [2.75, 3.05) is 13.7 Å². The minimum absolute atomic E-state index is 0.0274. The first kappa shape index (κ1) is 18.8. The number of carbonyl (C=O) groups is 1. The zero-order chi connectivity index (χ0) is 20.1. The van der Waals surface area contributed by atoms with Crippen molar-refractivity contribution in [3.05, 3.63) is 102 Å². The van der Waals surface area contributed by atoms with Crippen molar-refractivity contribution in [2.24, 2.45) is 0 Å². The average Bonchev–Trinajstić information content (AvgIpc) is 3.17. The molecule has 1 aromatic heterocycles. The van der Waals surface area contributed by atoms with Crippen LogP contribution in [0.2, 0.25) is 0 Å². The number of hydrogen-bond acceptors (Lipinski definition) is 3. The van der Waals surface area contributed by atoms with Gasteiger partial charge in [0.15, 0.2) is 0 Å². The Bertz CT molecular complexity index is 1050. The van der Waals surface area contributed by atoms with Crippen LogP contribution in [-0.4, -0.2) is 19.6 Å². The molecule has 0 saturated carbocycles. The smallest absolute Gasteiger partial charge is 0.224 e. The van der Waals surface area contributed by atoms with Gasteiger partial charge in [-0.3, -0.25) is 4.79 Å². The van der Waals surface area contributed by atoms with Gasteiger partial charge in [-0.25, -0.2) is 0 Å². The van der Waals surface area contributed by atoms with Gasteiger partial charge < -0.3 is 14.5 Å². The fourth-order valence-corrected chi connectivity index (χ4v) is 3.58. The maximum atomic E-state index is 12.7. The van der Waals surface area contributed by atoms with E-state index >= 15 is 0 Å². The Morgan fingerprint density at radius 1 is 0.966 bits per heavy atom. The van der Waals surface area contributed by atoms with Gasteiger partial charge in [-0.2, -0.15) is 0 Å². The lowest BCUT2D eigenvalue weighted by Gasteiger charge is -2.19. The van der Waals surface area contributed by atoms with Crippen LogP contribution in [0.3, 0.4) is 0 Å². The number of ether oxygens (including phenoxy) is 1. The Kier molecular flexibility index (Phi) is 5.61. The summed E-state index contributed by atoms with van der Waals surface area (Å²) in [7, 11) is 1.62. The highest BCUT2D eigenvalue weighted by molar-refractivity contribution is 5.88. The molecule has 0 unspecified atom stereocenters. The number of hydrogen-bond donors (Lipinski definition) is 1. The molecule has 1 N–H and O–H groups in total. The first-order chi connectivity index (χ1) is 14.2. The highest BCUT2D eigenvalue weighted by Gasteiger charge is 2.16. The van der Waals surface area contributed by atoms with Gasteiger partial charge in [0.25, 0.3) is 0 Å². The second-order valence-corrected chi connectivity index (χ2v) is 6.98. The summed E-state index contributed by atoms with van der Waals surface area (Å²) in [4.78, 5) is 12.7. The topological polar surface area (TPSA) is 51.5 Å². The zero-order valence-electron chi connectivity index (χ0n) is 16.3. The highest BCUT2D eigenvalue weighted by Crippen LogP contribution is 2.26. The normalized spacial score (nSPS) is 11.0. The number of methoxy groups -OCH3 is 1. The predicted octanol–water partition coefficient (Wildman–Crippen LogP) is 4.93. The minimum atomic E-state index is -0.0274. The molecule has 146 valence electrons. The second kappa shape index (κ2) is 8.65. The Morgan fingerprint density at radius 2 is 1.62 bits per heavy atom. The Labute approximate surface area is 170 Å². The monoisotopic (exact) mass is 385 g/mol. The van der Waals surface area contributed by atoms with Crippen molar-refractivity contribution in [2.45, 2.75) is 12.3 Å². The molecule has 0 aliphatic heterocycles. The molecule has 3 aromatic carbocycles. The van der Waals surface area contributed by atoms with Crippen molar-refractivity contribution >= 4 is 16.9 Å². The van der Waals surface area contributed by atoms with E-state index in [1.54, 1.807) is 13.4 Å². The van der Waals surface area contributed by atoms with Crippen LogP contribution in [0.1, 0.15) is 22.6 Å². The van der Waals surface area contributed by atoms with Gasteiger partial charge in [0.05, 0.1) is 19.8 Å². The van der Waals surface area contributed by atoms with Crippen LogP contribution in [0, 0.1) is 0 Å². The summed E-state index contributed by atoms with van der Waals surface area (Å²) < 4.78 is 10.8. The van der Waals surface area contributed by atoms with Crippen molar-refractivity contribution in [1.82, 2.24) is 5.32 Å². The Balaban J connectivity index is 1.47. The van der Waals surface area contributed by atoms with Crippen molar-refractivity contribution in [3.8, 4) is 5.75 Å². The van der Waals surface area contributed by atoms with Crippen molar-refractivity contribution in [3.63, 3.8) is 0 Å². The minimum Gasteiger partial charge on any atom is -0.497 e.